The Hall–Kier alpha value is -0.990. The molecule has 0 radical (unpaired) electrons. The zero-order valence-electron chi connectivity index (χ0n) is 11.1. The second-order valence-electron chi connectivity index (χ2n) is 4.77. The molecule has 0 fully saturated rings. The molecule has 0 saturated carbocycles. The molecule has 17 heavy (non-hydrogen) atoms. The number of nitrogens with zero attached hydrogens (tertiary/aromatic N) is 2. The van der Waals surface area contributed by atoms with Crippen molar-refractivity contribution in [2.24, 2.45) is 0 Å². The van der Waals surface area contributed by atoms with Gasteiger partial charge in [0.2, 0.25) is 0 Å². The molecule has 0 bridgehead atoms. The van der Waals surface area contributed by atoms with Gasteiger partial charge in [0.25, 0.3) is 0 Å². The zero-order chi connectivity index (χ0) is 12.3. The van der Waals surface area contributed by atoms with E-state index in [2.05, 4.69) is 11.9 Å². The molecule has 3 heteroatoms. The van der Waals surface area contributed by atoms with E-state index in [0.29, 0.717) is 0 Å². The van der Waals surface area contributed by atoms with Crippen LogP contribution in [-0.2, 0) is 6.42 Å². The van der Waals surface area contributed by atoms with Gasteiger partial charge in [-0.3, -0.25) is 0 Å². The third-order valence-corrected chi connectivity index (χ3v) is 3.20. The fourth-order valence-corrected chi connectivity index (χ4v) is 2.10. The minimum absolute atomic E-state index is 0.785. The van der Waals surface area contributed by atoms with Crippen molar-refractivity contribution < 1.29 is 5.21 Å². The summed E-state index contributed by atoms with van der Waals surface area (Å²) in [5, 5.41) is 9.33. The standard InChI is InChI=1S/C14H26N2O/c1-2-3-4-5-6-7-8-9-10-11-14-15-12-13-16(14)17/h12-13,17H,2-11H2,1H3. The molecule has 0 atom stereocenters. The number of aryl methyl sites for hydroxylation is 1. The maximum Gasteiger partial charge on any atom is 0.144 e. The van der Waals surface area contributed by atoms with E-state index in [0.717, 1.165) is 23.4 Å². The zero-order valence-corrected chi connectivity index (χ0v) is 11.1. The lowest BCUT2D eigenvalue weighted by Crippen LogP contribution is -1.98. The van der Waals surface area contributed by atoms with Gasteiger partial charge in [-0.25, -0.2) is 4.98 Å². The van der Waals surface area contributed by atoms with Crippen molar-refractivity contribution >= 4 is 0 Å². The Bertz CT molecular complexity index is 284. The summed E-state index contributed by atoms with van der Waals surface area (Å²) >= 11 is 0. The minimum Gasteiger partial charge on any atom is -0.427 e. The SMILES string of the molecule is CCCCCCCCCCCc1nccn1O. The molecule has 1 rings (SSSR count). The first kappa shape index (κ1) is 14.1. The van der Waals surface area contributed by atoms with Crippen molar-refractivity contribution in [1.29, 1.82) is 0 Å². The van der Waals surface area contributed by atoms with Crippen LogP contribution in [-0.4, -0.2) is 14.9 Å². The molecule has 98 valence electrons. The second-order valence-corrected chi connectivity index (χ2v) is 4.77. The molecule has 0 aromatic carbocycles. The summed E-state index contributed by atoms with van der Waals surface area (Å²) < 4.78 is 1.13. The molecule has 1 heterocycles. The molecule has 0 amide bonds. The van der Waals surface area contributed by atoms with Crippen LogP contribution in [0.4, 0.5) is 0 Å². The van der Waals surface area contributed by atoms with Crippen molar-refractivity contribution in [2.75, 3.05) is 0 Å². The van der Waals surface area contributed by atoms with Gasteiger partial charge in [0.1, 0.15) is 5.82 Å². The van der Waals surface area contributed by atoms with E-state index < -0.39 is 0 Å². The average molecular weight is 238 g/mol. The lowest BCUT2D eigenvalue weighted by molar-refractivity contribution is 0.175. The van der Waals surface area contributed by atoms with Gasteiger partial charge in [0, 0.05) is 12.6 Å². The molecule has 0 aliphatic carbocycles. The fourth-order valence-electron chi connectivity index (χ4n) is 2.10. The van der Waals surface area contributed by atoms with Crippen LogP contribution in [0, 0.1) is 0 Å². The lowest BCUT2D eigenvalue weighted by Gasteiger charge is -2.02. The van der Waals surface area contributed by atoms with E-state index in [-0.39, 0.29) is 0 Å². The first-order valence-corrected chi connectivity index (χ1v) is 7.06. The van der Waals surface area contributed by atoms with Gasteiger partial charge in [-0.05, 0) is 6.42 Å². The van der Waals surface area contributed by atoms with E-state index in [1.54, 1.807) is 12.4 Å². The van der Waals surface area contributed by atoms with Crippen molar-refractivity contribution in [3.05, 3.63) is 18.2 Å². The molecule has 0 spiro atoms. The summed E-state index contributed by atoms with van der Waals surface area (Å²) in [7, 11) is 0. The highest BCUT2D eigenvalue weighted by Crippen LogP contribution is 2.10. The van der Waals surface area contributed by atoms with Crippen LogP contribution in [0.3, 0.4) is 0 Å². The molecular formula is C14H26N2O. The molecule has 0 unspecified atom stereocenters. The average Bonchev–Trinajstić information content (AvgIpc) is 2.73. The smallest absolute Gasteiger partial charge is 0.144 e. The van der Waals surface area contributed by atoms with E-state index in [1.165, 1.54) is 51.4 Å². The maximum absolute atomic E-state index is 9.33. The summed E-state index contributed by atoms with van der Waals surface area (Å²) in [5.74, 6) is 0.785. The third-order valence-electron chi connectivity index (χ3n) is 3.20. The summed E-state index contributed by atoms with van der Waals surface area (Å²) in [6.45, 7) is 2.26. The van der Waals surface area contributed by atoms with Crippen molar-refractivity contribution in [1.82, 2.24) is 9.71 Å². The van der Waals surface area contributed by atoms with E-state index in [9.17, 15) is 5.21 Å². The second kappa shape index (κ2) is 9.08. The summed E-state index contributed by atoms with van der Waals surface area (Å²) in [4.78, 5) is 4.10. The largest absolute Gasteiger partial charge is 0.427 e. The highest BCUT2D eigenvalue weighted by molar-refractivity contribution is 4.88. The number of imidazole rings is 1. The predicted octanol–water partition coefficient (Wildman–Crippen LogP) is 4.19. The maximum atomic E-state index is 9.33. The molecule has 0 aliphatic heterocycles. The number of unbranched alkanes of at least 4 members (excludes halogenated alkanes) is 8. The molecule has 1 aromatic heterocycles. The van der Waals surface area contributed by atoms with Crippen molar-refractivity contribution in [3.8, 4) is 0 Å². The van der Waals surface area contributed by atoms with E-state index >= 15 is 0 Å². The predicted molar refractivity (Wildman–Crippen MR) is 70.3 cm³/mol. The Balaban J connectivity index is 1.86. The van der Waals surface area contributed by atoms with Gasteiger partial charge in [-0.15, -0.1) is 0 Å². The number of aromatic nitrogens is 2. The Labute approximate surface area is 105 Å². The van der Waals surface area contributed by atoms with Crippen LogP contribution >= 0.6 is 0 Å². The van der Waals surface area contributed by atoms with Gasteiger partial charge >= 0.3 is 0 Å². The Morgan fingerprint density at radius 3 is 2.12 bits per heavy atom. The fraction of sp³-hybridized carbons (Fsp3) is 0.786. The summed E-state index contributed by atoms with van der Waals surface area (Å²) in [5.41, 5.74) is 0. The molecular weight excluding hydrogens is 212 g/mol. The van der Waals surface area contributed by atoms with Crippen LogP contribution in [0.15, 0.2) is 12.4 Å². The van der Waals surface area contributed by atoms with Crippen LogP contribution in [0.1, 0.15) is 70.5 Å². The van der Waals surface area contributed by atoms with Gasteiger partial charge in [0.05, 0.1) is 6.20 Å². The Morgan fingerprint density at radius 2 is 1.59 bits per heavy atom. The third kappa shape index (κ3) is 6.35. The first-order chi connectivity index (χ1) is 8.34. The number of rotatable bonds is 10. The van der Waals surface area contributed by atoms with Crippen molar-refractivity contribution in [2.45, 2.75) is 71.1 Å². The topological polar surface area (TPSA) is 38.0 Å². The van der Waals surface area contributed by atoms with Crippen LogP contribution < -0.4 is 0 Å². The van der Waals surface area contributed by atoms with Gasteiger partial charge in [0.15, 0.2) is 0 Å². The molecule has 3 nitrogen and oxygen atoms in total. The van der Waals surface area contributed by atoms with Gasteiger partial charge < -0.3 is 5.21 Å². The number of hydrogen-bond donors (Lipinski definition) is 1. The molecule has 0 aliphatic rings. The highest BCUT2D eigenvalue weighted by atomic mass is 16.5. The molecule has 1 aromatic rings. The van der Waals surface area contributed by atoms with Crippen LogP contribution in [0.25, 0.3) is 0 Å². The Morgan fingerprint density at radius 1 is 1.00 bits per heavy atom. The molecule has 1 N–H and O–H groups in total. The van der Waals surface area contributed by atoms with Crippen molar-refractivity contribution in [3.63, 3.8) is 0 Å². The minimum atomic E-state index is 0.785. The van der Waals surface area contributed by atoms with Gasteiger partial charge in [-0.2, -0.15) is 4.73 Å². The number of hydrogen-bond acceptors (Lipinski definition) is 2. The van der Waals surface area contributed by atoms with E-state index in [4.69, 9.17) is 0 Å². The van der Waals surface area contributed by atoms with E-state index in [1.807, 2.05) is 0 Å². The molecule has 0 saturated heterocycles. The van der Waals surface area contributed by atoms with Gasteiger partial charge in [-0.1, -0.05) is 58.3 Å². The normalized spacial score (nSPS) is 10.9. The first-order valence-electron chi connectivity index (χ1n) is 7.06. The summed E-state index contributed by atoms with van der Waals surface area (Å²) in [6.07, 6.45) is 16.1. The van der Waals surface area contributed by atoms with Crippen LogP contribution in [0.5, 0.6) is 0 Å². The Kier molecular flexibility index (Phi) is 7.52. The monoisotopic (exact) mass is 238 g/mol. The lowest BCUT2D eigenvalue weighted by atomic mass is 10.1. The summed E-state index contributed by atoms with van der Waals surface area (Å²) in [6, 6.07) is 0. The van der Waals surface area contributed by atoms with Crippen LogP contribution in [0.2, 0.25) is 0 Å². The quantitative estimate of drug-likeness (QED) is 0.490. The highest BCUT2D eigenvalue weighted by Gasteiger charge is 2.00.